The van der Waals surface area contributed by atoms with Crippen molar-refractivity contribution in [2.24, 2.45) is 11.8 Å². The van der Waals surface area contributed by atoms with Crippen LogP contribution >= 0.6 is 0 Å². The zero-order valence-electron chi connectivity index (χ0n) is 19.3. The number of hydrogen-bond acceptors (Lipinski definition) is 4. The molecule has 5 nitrogen and oxygen atoms in total. The van der Waals surface area contributed by atoms with E-state index in [1.807, 2.05) is 13.0 Å². The van der Waals surface area contributed by atoms with Gasteiger partial charge in [0.1, 0.15) is 0 Å². The van der Waals surface area contributed by atoms with Gasteiger partial charge in [0.15, 0.2) is 5.76 Å². The zero-order chi connectivity index (χ0) is 22.8. The summed E-state index contributed by atoms with van der Waals surface area (Å²) in [7, 11) is 0. The van der Waals surface area contributed by atoms with Crippen LogP contribution in [0.3, 0.4) is 0 Å². The molecule has 0 spiro atoms. The van der Waals surface area contributed by atoms with Crippen LogP contribution < -0.4 is 5.32 Å². The Balaban J connectivity index is 1.53. The molecule has 1 fully saturated rings. The zero-order valence-corrected chi connectivity index (χ0v) is 19.3. The molecule has 33 heavy (non-hydrogen) atoms. The van der Waals surface area contributed by atoms with E-state index in [1.54, 1.807) is 0 Å². The van der Waals surface area contributed by atoms with Crippen molar-refractivity contribution in [2.45, 2.75) is 51.2 Å². The molecule has 2 N–H and O–H groups in total. The summed E-state index contributed by atoms with van der Waals surface area (Å²) in [5.74, 6) is 0.797. The lowest BCUT2D eigenvalue weighted by molar-refractivity contribution is -0.166. The predicted molar refractivity (Wildman–Crippen MR) is 128 cm³/mol. The van der Waals surface area contributed by atoms with Crippen LogP contribution in [0.1, 0.15) is 55.2 Å². The number of benzene rings is 2. The van der Waals surface area contributed by atoms with Crippen molar-refractivity contribution in [3.8, 4) is 11.1 Å². The van der Waals surface area contributed by atoms with E-state index in [0.717, 1.165) is 12.8 Å². The predicted octanol–water partition coefficient (Wildman–Crippen LogP) is 4.53. The standard InChI is InChI=1S/C28H33NO4/c1-2-32-28-23(11-6-14-30)25(16-26(33-28)27(31)29-17-18-12-13-18)22-10-5-9-21-20-8-4-3-7-19(20)15-24(21)22/h3-5,7-10,16,18,23,25,28,30H,2,6,11-15,17H2,1H3,(H,29,31). The average molecular weight is 448 g/mol. The summed E-state index contributed by atoms with van der Waals surface area (Å²) >= 11 is 0. The van der Waals surface area contributed by atoms with Crippen molar-refractivity contribution in [2.75, 3.05) is 19.8 Å². The third-order valence-electron chi connectivity index (χ3n) is 7.13. The minimum atomic E-state index is -0.516. The highest BCUT2D eigenvalue weighted by atomic mass is 16.7. The topological polar surface area (TPSA) is 67.8 Å². The number of fused-ring (bicyclic) bond motifs is 3. The van der Waals surface area contributed by atoms with Crippen LogP contribution in [0.5, 0.6) is 0 Å². The maximum atomic E-state index is 13.0. The number of amides is 1. The molecule has 0 aromatic heterocycles. The molecule has 2 aromatic rings. The summed E-state index contributed by atoms with van der Waals surface area (Å²) in [5, 5.41) is 12.6. The Labute approximate surface area is 195 Å². The highest BCUT2D eigenvalue weighted by Gasteiger charge is 2.39. The van der Waals surface area contributed by atoms with Gasteiger partial charge in [-0.3, -0.25) is 4.79 Å². The van der Waals surface area contributed by atoms with Gasteiger partial charge in [-0.1, -0.05) is 42.5 Å². The molecule has 3 aliphatic rings. The Morgan fingerprint density at radius 2 is 1.97 bits per heavy atom. The molecule has 0 bridgehead atoms. The first-order valence-corrected chi connectivity index (χ1v) is 12.3. The number of carbonyl (C=O) groups is 1. The lowest BCUT2D eigenvalue weighted by atomic mass is 9.78. The van der Waals surface area contributed by atoms with Crippen molar-refractivity contribution in [3.63, 3.8) is 0 Å². The number of aliphatic hydroxyl groups excluding tert-OH is 1. The molecule has 1 saturated carbocycles. The SMILES string of the molecule is CCOC1OC(C(=O)NCC2CC2)=CC(c2cccc3c2Cc2ccccc2-3)C1CCCO. The summed E-state index contributed by atoms with van der Waals surface area (Å²) in [6.45, 7) is 3.28. The average Bonchev–Trinajstić information content (AvgIpc) is 3.59. The van der Waals surface area contributed by atoms with Crippen LogP contribution in [-0.2, 0) is 20.7 Å². The first-order chi connectivity index (χ1) is 16.2. The van der Waals surface area contributed by atoms with E-state index in [-0.39, 0.29) is 24.3 Å². The second kappa shape index (κ2) is 9.70. The van der Waals surface area contributed by atoms with Crippen LogP contribution in [0.15, 0.2) is 54.3 Å². The fourth-order valence-electron chi connectivity index (χ4n) is 5.26. The molecule has 2 aliphatic carbocycles. The number of aliphatic hydroxyl groups is 1. The van der Waals surface area contributed by atoms with Gasteiger partial charge >= 0.3 is 0 Å². The summed E-state index contributed by atoms with van der Waals surface area (Å²) in [5.41, 5.74) is 6.46. The third kappa shape index (κ3) is 4.57. The van der Waals surface area contributed by atoms with E-state index in [1.165, 1.54) is 40.7 Å². The van der Waals surface area contributed by atoms with Crippen LogP contribution in [-0.4, -0.2) is 37.1 Å². The molecular weight excluding hydrogens is 414 g/mol. The van der Waals surface area contributed by atoms with Crippen LogP contribution in [0.4, 0.5) is 0 Å². The van der Waals surface area contributed by atoms with Crippen LogP contribution in [0.2, 0.25) is 0 Å². The van der Waals surface area contributed by atoms with Gasteiger partial charge in [0.05, 0.1) is 0 Å². The maximum Gasteiger partial charge on any atom is 0.286 e. The molecule has 0 saturated heterocycles. The second-order valence-corrected chi connectivity index (χ2v) is 9.39. The molecule has 5 rings (SSSR count). The number of allylic oxidation sites excluding steroid dienone is 1. The van der Waals surface area contributed by atoms with E-state index in [0.29, 0.717) is 31.2 Å². The summed E-state index contributed by atoms with van der Waals surface area (Å²) in [6, 6.07) is 15.1. The van der Waals surface area contributed by atoms with Crippen molar-refractivity contribution in [1.82, 2.24) is 5.32 Å². The lowest BCUT2D eigenvalue weighted by Gasteiger charge is -2.37. The first-order valence-electron chi connectivity index (χ1n) is 12.3. The van der Waals surface area contributed by atoms with Crippen molar-refractivity contribution >= 4 is 5.91 Å². The van der Waals surface area contributed by atoms with Gasteiger partial charge in [0, 0.05) is 31.6 Å². The molecule has 2 aromatic carbocycles. The fraction of sp³-hybridized carbons (Fsp3) is 0.464. The smallest absolute Gasteiger partial charge is 0.286 e. The summed E-state index contributed by atoms with van der Waals surface area (Å²) in [4.78, 5) is 13.0. The molecular formula is C28H33NO4. The molecule has 174 valence electrons. The van der Waals surface area contributed by atoms with Gasteiger partial charge in [0.2, 0.25) is 6.29 Å². The monoisotopic (exact) mass is 447 g/mol. The third-order valence-corrected chi connectivity index (χ3v) is 7.13. The van der Waals surface area contributed by atoms with E-state index in [4.69, 9.17) is 9.47 Å². The van der Waals surface area contributed by atoms with Crippen molar-refractivity contribution < 1.29 is 19.4 Å². The van der Waals surface area contributed by atoms with Gasteiger partial charge < -0.3 is 19.9 Å². The molecule has 1 amide bonds. The highest BCUT2D eigenvalue weighted by Crippen LogP contribution is 2.46. The normalized spacial score (nSPS) is 23.3. The fourth-order valence-corrected chi connectivity index (χ4v) is 5.26. The number of hydrogen-bond donors (Lipinski definition) is 2. The highest BCUT2D eigenvalue weighted by molar-refractivity contribution is 5.92. The van der Waals surface area contributed by atoms with E-state index >= 15 is 0 Å². The van der Waals surface area contributed by atoms with Gasteiger partial charge in [-0.2, -0.15) is 0 Å². The van der Waals surface area contributed by atoms with Gasteiger partial charge in [-0.25, -0.2) is 0 Å². The summed E-state index contributed by atoms with van der Waals surface area (Å²) in [6.07, 6.45) is 6.17. The Morgan fingerprint density at radius 1 is 1.15 bits per heavy atom. The number of rotatable bonds is 9. The Morgan fingerprint density at radius 3 is 2.76 bits per heavy atom. The first kappa shape index (κ1) is 22.2. The van der Waals surface area contributed by atoms with E-state index in [2.05, 4.69) is 47.8 Å². The van der Waals surface area contributed by atoms with Crippen molar-refractivity contribution in [3.05, 3.63) is 71.0 Å². The Bertz CT molecular complexity index is 1040. The minimum absolute atomic E-state index is 0.0206. The number of carbonyl (C=O) groups excluding carboxylic acids is 1. The lowest BCUT2D eigenvalue weighted by Crippen LogP contribution is -2.39. The molecule has 3 atom stereocenters. The molecule has 1 aliphatic heterocycles. The molecule has 5 heteroatoms. The van der Waals surface area contributed by atoms with E-state index < -0.39 is 6.29 Å². The molecule has 0 radical (unpaired) electrons. The second-order valence-electron chi connectivity index (χ2n) is 9.39. The molecule has 3 unspecified atom stereocenters. The van der Waals surface area contributed by atoms with Gasteiger partial charge in [-0.05, 0) is 78.8 Å². The minimum Gasteiger partial charge on any atom is -0.459 e. The van der Waals surface area contributed by atoms with Gasteiger partial charge in [-0.15, -0.1) is 0 Å². The largest absolute Gasteiger partial charge is 0.459 e. The number of nitrogens with one attached hydrogen (secondary N) is 1. The molecule has 1 heterocycles. The van der Waals surface area contributed by atoms with Crippen LogP contribution in [0, 0.1) is 11.8 Å². The quantitative estimate of drug-likeness (QED) is 0.506. The van der Waals surface area contributed by atoms with Gasteiger partial charge in [0.25, 0.3) is 5.91 Å². The summed E-state index contributed by atoms with van der Waals surface area (Å²) < 4.78 is 12.1. The number of ether oxygens (including phenoxy) is 2. The maximum absolute atomic E-state index is 13.0. The van der Waals surface area contributed by atoms with E-state index in [9.17, 15) is 9.90 Å². The van der Waals surface area contributed by atoms with Crippen molar-refractivity contribution in [1.29, 1.82) is 0 Å². The Kier molecular flexibility index (Phi) is 6.52. The Hall–Kier alpha value is -2.63. The van der Waals surface area contributed by atoms with Crippen LogP contribution in [0.25, 0.3) is 11.1 Å².